The molecule has 24 heavy (non-hydrogen) atoms. The number of hydrogen-bond donors (Lipinski definition) is 3. The molecule has 1 fully saturated rings. The molecule has 2 rings (SSSR count). The SMILES string of the molecule is CN(C)C1CCN(CCNC(=O)NCC(C)(O)c2ccco2)CC1. The first-order valence-electron chi connectivity index (χ1n) is 8.55. The van der Waals surface area contributed by atoms with Gasteiger partial charge in [0.2, 0.25) is 0 Å². The van der Waals surface area contributed by atoms with Gasteiger partial charge in [-0.2, -0.15) is 0 Å². The maximum absolute atomic E-state index is 11.9. The quantitative estimate of drug-likeness (QED) is 0.686. The Kier molecular flexibility index (Phi) is 6.65. The van der Waals surface area contributed by atoms with E-state index in [0.717, 1.165) is 19.6 Å². The van der Waals surface area contributed by atoms with Crippen molar-refractivity contribution in [1.82, 2.24) is 20.4 Å². The van der Waals surface area contributed by atoms with E-state index in [1.54, 1.807) is 19.1 Å². The minimum Gasteiger partial charge on any atom is -0.466 e. The van der Waals surface area contributed by atoms with Crippen LogP contribution < -0.4 is 10.6 Å². The summed E-state index contributed by atoms with van der Waals surface area (Å²) < 4.78 is 5.18. The van der Waals surface area contributed by atoms with E-state index in [1.807, 2.05) is 0 Å². The molecule has 1 atom stereocenters. The number of urea groups is 1. The smallest absolute Gasteiger partial charge is 0.314 e. The van der Waals surface area contributed by atoms with Gasteiger partial charge < -0.3 is 30.0 Å². The maximum Gasteiger partial charge on any atom is 0.314 e. The zero-order chi connectivity index (χ0) is 17.6. The highest BCUT2D eigenvalue weighted by atomic mass is 16.4. The van der Waals surface area contributed by atoms with E-state index in [2.05, 4.69) is 34.5 Å². The summed E-state index contributed by atoms with van der Waals surface area (Å²) in [6.07, 6.45) is 3.85. The zero-order valence-corrected chi connectivity index (χ0v) is 14.9. The Hall–Kier alpha value is -1.57. The van der Waals surface area contributed by atoms with E-state index in [0.29, 0.717) is 18.3 Å². The molecular formula is C17H30N4O3. The molecule has 1 aliphatic heterocycles. The number of carbonyl (C=O) groups is 1. The van der Waals surface area contributed by atoms with Gasteiger partial charge in [-0.05, 0) is 59.1 Å². The minimum absolute atomic E-state index is 0.0978. The highest BCUT2D eigenvalue weighted by molar-refractivity contribution is 5.73. The summed E-state index contributed by atoms with van der Waals surface area (Å²) >= 11 is 0. The van der Waals surface area contributed by atoms with Crippen molar-refractivity contribution in [3.05, 3.63) is 24.2 Å². The van der Waals surface area contributed by atoms with Gasteiger partial charge in [0.15, 0.2) is 0 Å². The lowest BCUT2D eigenvalue weighted by Gasteiger charge is -2.35. The van der Waals surface area contributed by atoms with Crippen LogP contribution in [0.5, 0.6) is 0 Å². The lowest BCUT2D eigenvalue weighted by atomic mass is 10.0. The number of nitrogens with zero attached hydrogens (tertiary/aromatic N) is 2. The van der Waals surface area contributed by atoms with Gasteiger partial charge >= 0.3 is 6.03 Å². The highest BCUT2D eigenvalue weighted by Gasteiger charge is 2.26. The third-order valence-corrected chi connectivity index (χ3v) is 4.65. The van der Waals surface area contributed by atoms with Crippen molar-refractivity contribution in [2.24, 2.45) is 0 Å². The number of nitrogens with one attached hydrogen (secondary N) is 2. The van der Waals surface area contributed by atoms with Crippen LogP contribution in [0.25, 0.3) is 0 Å². The van der Waals surface area contributed by atoms with Crippen molar-refractivity contribution in [1.29, 1.82) is 0 Å². The van der Waals surface area contributed by atoms with Gasteiger partial charge in [0.05, 0.1) is 12.8 Å². The molecule has 0 spiro atoms. The van der Waals surface area contributed by atoms with E-state index in [1.165, 1.54) is 19.1 Å². The van der Waals surface area contributed by atoms with Gasteiger partial charge in [-0.1, -0.05) is 0 Å². The molecule has 136 valence electrons. The molecule has 0 bridgehead atoms. The van der Waals surface area contributed by atoms with Gasteiger partial charge in [-0.15, -0.1) is 0 Å². The normalized spacial score (nSPS) is 19.2. The average molecular weight is 338 g/mol. The molecule has 3 N–H and O–H groups in total. The fourth-order valence-corrected chi connectivity index (χ4v) is 2.97. The number of piperidine rings is 1. The molecule has 1 aromatic heterocycles. The van der Waals surface area contributed by atoms with Crippen molar-refractivity contribution < 1.29 is 14.3 Å². The molecule has 0 aromatic carbocycles. The molecule has 2 amide bonds. The third-order valence-electron chi connectivity index (χ3n) is 4.65. The second-order valence-corrected chi connectivity index (χ2v) is 6.90. The van der Waals surface area contributed by atoms with Crippen LogP contribution in [0, 0.1) is 0 Å². The van der Waals surface area contributed by atoms with Crippen molar-refractivity contribution in [2.75, 3.05) is 46.8 Å². The summed E-state index contributed by atoms with van der Waals surface area (Å²) in [5, 5.41) is 15.8. The molecule has 1 aromatic rings. The summed E-state index contributed by atoms with van der Waals surface area (Å²) in [4.78, 5) is 16.5. The Labute approximate surface area is 144 Å². The molecule has 2 heterocycles. The summed E-state index contributed by atoms with van der Waals surface area (Å²) in [5.41, 5.74) is -1.21. The summed E-state index contributed by atoms with van der Waals surface area (Å²) in [7, 11) is 4.26. The van der Waals surface area contributed by atoms with Crippen LogP contribution in [0.15, 0.2) is 22.8 Å². The van der Waals surface area contributed by atoms with Crippen LogP contribution in [-0.2, 0) is 5.60 Å². The molecular weight excluding hydrogens is 308 g/mol. The van der Waals surface area contributed by atoms with Gasteiger partial charge in [0.25, 0.3) is 0 Å². The first-order chi connectivity index (χ1) is 11.4. The molecule has 0 saturated carbocycles. The monoisotopic (exact) mass is 338 g/mol. The summed E-state index contributed by atoms with van der Waals surface area (Å²) in [6.45, 7) is 5.30. The standard InChI is InChI=1S/C17H30N4O3/c1-17(23,15-5-4-12-24-15)13-19-16(22)18-8-11-21-9-6-14(7-10-21)20(2)3/h4-5,12,14,23H,6-11,13H2,1-3H3,(H2,18,19,22). The number of carbonyl (C=O) groups excluding carboxylic acids is 1. The number of furan rings is 1. The van der Waals surface area contributed by atoms with Crippen molar-refractivity contribution in [2.45, 2.75) is 31.4 Å². The Morgan fingerprint density at radius 3 is 2.71 bits per heavy atom. The molecule has 7 nitrogen and oxygen atoms in total. The number of aliphatic hydroxyl groups is 1. The number of likely N-dealkylation sites (tertiary alicyclic amines) is 1. The van der Waals surface area contributed by atoms with Gasteiger partial charge in [-0.25, -0.2) is 4.79 Å². The molecule has 0 aliphatic carbocycles. The fourth-order valence-electron chi connectivity index (χ4n) is 2.97. The van der Waals surface area contributed by atoms with Gasteiger partial charge in [0, 0.05) is 19.1 Å². The van der Waals surface area contributed by atoms with Crippen molar-refractivity contribution in [3.63, 3.8) is 0 Å². The molecule has 7 heteroatoms. The lowest BCUT2D eigenvalue weighted by molar-refractivity contribution is 0.0367. The molecule has 1 aliphatic rings. The van der Waals surface area contributed by atoms with Crippen LogP contribution >= 0.6 is 0 Å². The third kappa shape index (κ3) is 5.51. The largest absolute Gasteiger partial charge is 0.466 e. The van der Waals surface area contributed by atoms with Crippen LogP contribution in [0.2, 0.25) is 0 Å². The number of amides is 2. The topological polar surface area (TPSA) is 81.0 Å². The second-order valence-electron chi connectivity index (χ2n) is 6.90. The Bertz CT molecular complexity index is 494. The van der Waals surface area contributed by atoms with Crippen LogP contribution in [0.3, 0.4) is 0 Å². The van der Waals surface area contributed by atoms with E-state index in [4.69, 9.17) is 4.42 Å². The van der Waals surface area contributed by atoms with Gasteiger partial charge in [-0.3, -0.25) is 0 Å². The zero-order valence-electron chi connectivity index (χ0n) is 14.9. The Morgan fingerprint density at radius 1 is 1.42 bits per heavy atom. The lowest BCUT2D eigenvalue weighted by Crippen LogP contribution is -2.47. The second kappa shape index (κ2) is 8.50. The first-order valence-corrected chi connectivity index (χ1v) is 8.55. The maximum atomic E-state index is 11.9. The van der Waals surface area contributed by atoms with Crippen molar-refractivity contribution in [3.8, 4) is 0 Å². The van der Waals surface area contributed by atoms with E-state index in [9.17, 15) is 9.90 Å². The number of rotatable bonds is 7. The predicted molar refractivity (Wildman–Crippen MR) is 92.8 cm³/mol. The van der Waals surface area contributed by atoms with E-state index in [-0.39, 0.29) is 12.6 Å². The van der Waals surface area contributed by atoms with Crippen molar-refractivity contribution >= 4 is 6.03 Å². The van der Waals surface area contributed by atoms with Gasteiger partial charge in [0.1, 0.15) is 11.4 Å². The molecule has 0 radical (unpaired) electrons. The fraction of sp³-hybridized carbons (Fsp3) is 0.706. The summed E-state index contributed by atoms with van der Waals surface area (Å²) in [6, 6.07) is 3.80. The first kappa shape index (κ1) is 18.8. The Balaban J connectivity index is 1.60. The van der Waals surface area contributed by atoms with Crippen LogP contribution in [-0.4, -0.2) is 73.8 Å². The average Bonchev–Trinajstić information content (AvgIpc) is 3.09. The summed E-state index contributed by atoms with van der Waals surface area (Å²) in [5.74, 6) is 0.437. The molecule has 1 unspecified atom stereocenters. The number of hydrogen-bond acceptors (Lipinski definition) is 5. The van der Waals surface area contributed by atoms with Crippen LogP contribution in [0.1, 0.15) is 25.5 Å². The Morgan fingerprint density at radius 2 is 2.12 bits per heavy atom. The molecule has 1 saturated heterocycles. The van der Waals surface area contributed by atoms with E-state index < -0.39 is 5.60 Å². The minimum atomic E-state index is -1.21. The predicted octanol–water partition coefficient (Wildman–Crippen LogP) is 0.812. The highest BCUT2D eigenvalue weighted by Crippen LogP contribution is 2.19. The van der Waals surface area contributed by atoms with Crippen LogP contribution in [0.4, 0.5) is 4.79 Å². The van der Waals surface area contributed by atoms with E-state index >= 15 is 0 Å².